The monoisotopic (exact) mass is 314 g/mol. The standard InChI is InChI=1S/C13H13BrF2N2/c1-2-18-5-3-4-10(18)8-17-13-11(14)6-9(15)7-12(13)16/h3-7,17H,2,8H2,1H3. The van der Waals surface area contributed by atoms with Crippen LogP contribution in [0.2, 0.25) is 0 Å². The van der Waals surface area contributed by atoms with Crippen molar-refractivity contribution in [2.45, 2.75) is 20.0 Å². The summed E-state index contributed by atoms with van der Waals surface area (Å²) in [5.41, 5.74) is 1.33. The maximum Gasteiger partial charge on any atom is 0.150 e. The minimum atomic E-state index is -0.600. The summed E-state index contributed by atoms with van der Waals surface area (Å²) in [6.07, 6.45) is 1.97. The lowest BCUT2D eigenvalue weighted by Crippen LogP contribution is -2.07. The molecule has 5 heteroatoms. The van der Waals surface area contributed by atoms with E-state index in [1.807, 2.05) is 25.3 Å². The van der Waals surface area contributed by atoms with Crippen LogP contribution in [0.25, 0.3) is 0 Å². The molecule has 96 valence electrons. The molecule has 1 aromatic carbocycles. The molecule has 0 bridgehead atoms. The SMILES string of the molecule is CCn1cccc1CNc1c(F)cc(F)cc1Br. The van der Waals surface area contributed by atoms with E-state index in [-0.39, 0.29) is 5.69 Å². The van der Waals surface area contributed by atoms with Gasteiger partial charge in [0.05, 0.1) is 12.2 Å². The first-order valence-electron chi connectivity index (χ1n) is 5.64. The number of benzene rings is 1. The van der Waals surface area contributed by atoms with Crippen molar-refractivity contribution in [3.05, 3.63) is 52.3 Å². The maximum atomic E-state index is 13.6. The van der Waals surface area contributed by atoms with Gasteiger partial charge in [-0.3, -0.25) is 0 Å². The summed E-state index contributed by atoms with van der Waals surface area (Å²) in [6.45, 7) is 3.39. The fourth-order valence-corrected chi connectivity index (χ4v) is 2.36. The van der Waals surface area contributed by atoms with Gasteiger partial charge in [0.1, 0.15) is 11.6 Å². The van der Waals surface area contributed by atoms with Crippen molar-refractivity contribution >= 4 is 21.6 Å². The zero-order valence-corrected chi connectivity index (χ0v) is 11.5. The van der Waals surface area contributed by atoms with Crippen LogP contribution in [0, 0.1) is 11.6 Å². The highest BCUT2D eigenvalue weighted by atomic mass is 79.9. The van der Waals surface area contributed by atoms with Crippen LogP contribution >= 0.6 is 15.9 Å². The normalized spacial score (nSPS) is 10.7. The molecule has 0 saturated carbocycles. The smallest absolute Gasteiger partial charge is 0.150 e. The number of aryl methyl sites for hydroxylation is 1. The Morgan fingerprint density at radius 2 is 2.11 bits per heavy atom. The Morgan fingerprint density at radius 3 is 2.78 bits per heavy atom. The van der Waals surface area contributed by atoms with Crippen molar-refractivity contribution in [2.75, 3.05) is 5.32 Å². The molecule has 0 atom stereocenters. The largest absolute Gasteiger partial charge is 0.376 e. The molecule has 0 fully saturated rings. The molecule has 18 heavy (non-hydrogen) atoms. The lowest BCUT2D eigenvalue weighted by Gasteiger charge is -2.11. The van der Waals surface area contributed by atoms with E-state index in [2.05, 4.69) is 25.8 Å². The van der Waals surface area contributed by atoms with Gasteiger partial charge in [-0.25, -0.2) is 8.78 Å². The fraction of sp³-hybridized carbons (Fsp3) is 0.231. The number of nitrogens with one attached hydrogen (secondary N) is 1. The van der Waals surface area contributed by atoms with Gasteiger partial charge in [-0.15, -0.1) is 0 Å². The van der Waals surface area contributed by atoms with Crippen LogP contribution in [0.3, 0.4) is 0 Å². The van der Waals surface area contributed by atoms with E-state index < -0.39 is 11.6 Å². The fourth-order valence-electron chi connectivity index (χ4n) is 1.81. The Labute approximate surface area is 113 Å². The zero-order valence-electron chi connectivity index (χ0n) is 9.88. The van der Waals surface area contributed by atoms with Crippen LogP contribution in [0.4, 0.5) is 14.5 Å². The summed E-state index contributed by atoms with van der Waals surface area (Å²) in [5, 5.41) is 2.98. The number of halogens is 3. The second-order valence-electron chi connectivity index (χ2n) is 3.88. The van der Waals surface area contributed by atoms with E-state index in [0.29, 0.717) is 11.0 Å². The lowest BCUT2D eigenvalue weighted by molar-refractivity contribution is 0.583. The molecule has 1 heterocycles. The third kappa shape index (κ3) is 2.72. The minimum absolute atomic E-state index is 0.278. The Hall–Kier alpha value is -1.36. The van der Waals surface area contributed by atoms with Crippen LogP contribution in [-0.2, 0) is 13.1 Å². The van der Waals surface area contributed by atoms with Crippen LogP contribution < -0.4 is 5.32 Å². The van der Waals surface area contributed by atoms with Crippen LogP contribution in [0.1, 0.15) is 12.6 Å². The predicted molar refractivity (Wildman–Crippen MR) is 71.5 cm³/mol. The summed E-state index contributed by atoms with van der Waals surface area (Å²) < 4.78 is 29.0. The molecule has 1 N–H and O–H groups in total. The Bertz CT molecular complexity index is 529. The number of anilines is 1. The van der Waals surface area contributed by atoms with Crippen molar-refractivity contribution in [3.63, 3.8) is 0 Å². The molecular formula is C13H13BrF2N2. The first kappa shape index (κ1) is 13.1. The third-order valence-electron chi connectivity index (χ3n) is 2.72. The van der Waals surface area contributed by atoms with Crippen molar-refractivity contribution in [2.24, 2.45) is 0 Å². The summed E-state index contributed by atoms with van der Waals surface area (Å²) in [6, 6.07) is 6.01. The topological polar surface area (TPSA) is 17.0 Å². The van der Waals surface area contributed by atoms with E-state index in [9.17, 15) is 8.78 Å². The molecule has 0 amide bonds. The average Bonchev–Trinajstić information content (AvgIpc) is 2.75. The Kier molecular flexibility index (Phi) is 4.01. The zero-order chi connectivity index (χ0) is 13.1. The predicted octanol–water partition coefficient (Wildman–Crippen LogP) is 4.16. The quantitative estimate of drug-likeness (QED) is 0.896. The van der Waals surface area contributed by atoms with Crippen molar-refractivity contribution < 1.29 is 8.78 Å². The molecule has 2 aromatic rings. The molecule has 0 aliphatic carbocycles. The molecule has 2 rings (SSSR count). The Balaban J connectivity index is 2.16. The van der Waals surface area contributed by atoms with Crippen LogP contribution in [0.5, 0.6) is 0 Å². The average molecular weight is 315 g/mol. The van der Waals surface area contributed by atoms with Gasteiger partial charge in [0.2, 0.25) is 0 Å². The molecule has 0 aliphatic rings. The molecular weight excluding hydrogens is 302 g/mol. The molecule has 1 aromatic heterocycles. The van der Waals surface area contributed by atoms with Crippen molar-refractivity contribution in [1.82, 2.24) is 4.57 Å². The molecule has 0 radical (unpaired) electrons. The molecule has 0 spiro atoms. The lowest BCUT2D eigenvalue weighted by atomic mass is 10.3. The number of hydrogen-bond donors (Lipinski definition) is 1. The van der Waals surface area contributed by atoms with E-state index in [4.69, 9.17) is 0 Å². The highest BCUT2D eigenvalue weighted by Gasteiger charge is 2.09. The summed E-state index contributed by atoms with van der Waals surface area (Å²) in [5.74, 6) is -1.20. The number of aromatic nitrogens is 1. The van der Waals surface area contributed by atoms with Gasteiger partial charge >= 0.3 is 0 Å². The summed E-state index contributed by atoms with van der Waals surface area (Å²) in [7, 11) is 0. The highest BCUT2D eigenvalue weighted by Crippen LogP contribution is 2.27. The molecule has 0 aliphatic heterocycles. The van der Waals surface area contributed by atoms with Gasteiger partial charge in [-0.2, -0.15) is 0 Å². The first-order chi connectivity index (χ1) is 8.61. The first-order valence-corrected chi connectivity index (χ1v) is 6.43. The number of hydrogen-bond acceptors (Lipinski definition) is 1. The third-order valence-corrected chi connectivity index (χ3v) is 3.34. The van der Waals surface area contributed by atoms with Crippen molar-refractivity contribution in [3.8, 4) is 0 Å². The molecule has 0 unspecified atom stereocenters. The van der Waals surface area contributed by atoms with Gasteiger partial charge in [-0.1, -0.05) is 0 Å². The van der Waals surface area contributed by atoms with E-state index in [0.717, 1.165) is 18.3 Å². The molecule has 2 nitrogen and oxygen atoms in total. The number of rotatable bonds is 4. The Morgan fingerprint density at radius 1 is 1.33 bits per heavy atom. The van der Waals surface area contributed by atoms with E-state index in [1.54, 1.807) is 0 Å². The van der Waals surface area contributed by atoms with E-state index >= 15 is 0 Å². The van der Waals surface area contributed by atoms with Gasteiger partial charge in [0.15, 0.2) is 0 Å². The van der Waals surface area contributed by atoms with Gasteiger partial charge < -0.3 is 9.88 Å². The van der Waals surface area contributed by atoms with Gasteiger partial charge in [0, 0.05) is 29.0 Å². The minimum Gasteiger partial charge on any atom is -0.376 e. The van der Waals surface area contributed by atoms with Gasteiger partial charge in [-0.05, 0) is 41.1 Å². The van der Waals surface area contributed by atoms with E-state index in [1.165, 1.54) is 6.07 Å². The second-order valence-corrected chi connectivity index (χ2v) is 4.74. The summed E-state index contributed by atoms with van der Waals surface area (Å²) >= 11 is 3.15. The van der Waals surface area contributed by atoms with Crippen LogP contribution in [-0.4, -0.2) is 4.57 Å². The second kappa shape index (κ2) is 5.52. The van der Waals surface area contributed by atoms with Crippen LogP contribution in [0.15, 0.2) is 34.9 Å². The number of nitrogens with zero attached hydrogens (tertiary/aromatic N) is 1. The summed E-state index contributed by atoms with van der Waals surface area (Å²) in [4.78, 5) is 0. The molecule has 0 saturated heterocycles. The highest BCUT2D eigenvalue weighted by molar-refractivity contribution is 9.10. The maximum absolute atomic E-state index is 13.6. The van der Waals surface area contributed by atoms with Gasteiger partial charge in [0.25, 0.3) is 0 Å². The van der Waals surface area contributed by atoms with Crippen molar-refractivity contribution in [1.29, 1.82) is 0 Å².